The van der Waals surface area contributed by atoms with E-state index >= 15 is 0 Å². The average molecular weight is 301 g/mol. The second kappa shape index (κ2) is 6.85. The van der Waals surface area contributed by atoms with Gasteiger partial charge in [-0.25, -0.2) is 9.18 Å². The minimum absolute atomic E-state index is 0.171. The summed E-state index contributed by atoms with van der Waals surface area (Å²) in [5.41, 5.74) is 1.24. The van der Waals surface area contributed by atoms with Crippen molar-refractivity contribution in [3.63, 3.8) is 0 Å². The second-order valence-electron chi connectivity index (χ2n) is 4.82. The Labute approximate surface area is 128 Å². The number of carbonyl (C=O) groups is 2. The Morgan fingerprint density at radius 1 is 1.05 bits per heavy atom. The maximum atomic E-state index is 13.6. The average Bonchev–Trinajstić information content (AvgIpc) is 2.55. The summed E-state index contributed by atoms with van der Waals surface area (Å²) in [4.78, 5) is 25.1. The molecule has 0 saturated carbocycles. The molecule has 0 spiro atoms. The lowest BCUT2D eigenvalue weighted by Crippen LogP contribution is -2.26. The van der Waals surface area contributed by atoms with Gasteiger partial charge in [0.15, 0.2) is 0 Å². The van der Waals surface area contributed by atoms with Gasteiger partial charge in [0.1, 0.15) is 5.82 Å². The molecule has 22 heavy (non-hydrogen) atoms. The number of hydrogen-bond acceptors (Lipinski definition) is 3. The van der Waals surface area contributed by atoms with Crippen molar-refractivity contribution in [3.05, 3.63) is 71.0 Å². The Bertz CT molecular complexity index is 683. The quantitative estimate of drug-likeness (QED) is 0.816. The molecule has 0 radical (unpaired) electrons. The SMILES string of the molecule is COC(=O)c1ccc(C(=O)N(C)Cc2ccccc2F)cc1. The van der Waals surface area contributed by atoms with Crippen LogP contribution in [-0.2, 0) is 11.3 Å². The van der Waals surface area contributed by atoms with Gasteiger partial charge < -0.3 is 9.64 Å². The summed E-state index contributed by atoms with van der Waals surface area (Å²) >= 11 is 0. The van der Waals surface area contributed by atoms with Crippen LogP contribution < -0.4 is 0 Å². The van der Waals surface area contributed by atoms with E-state index in [1.54, 1.807) is 37.4 Å². The summed E-state index contributed by atoms with van der Waals surface area (Å²) in [7, 11) is 2.90. The van der Waals surface area contributed by atoms with E-state index in [2.05, 4.69) is 4.74 Å². The Morgan fingerprint density at radius 3 is 2.23 bits per heavy atom. The highest BCUT2D eigenvalue weighted by atomic mass is 19.1. The molecule has 0 aliphatic carbocycles. The number of rotatable bonds is 4. The van der Waals surface area contributed by atoms with Gasteiger partial charge >= 0.3 is 5.97 Å². The van der Waals surface area contributed by atoms with Gasteiger partial charge in [0.25, 0.3) is 5.91 Å². The highest BCUT2D eigenvalue weighted by Crippen LogP contribution is 2.12. The fourth-order valence-corrected chi connectivity index (χ4v) is 2.04. The number of methoxy groups -OCH3 is 1. The predicted molar refractivity (Wildman–Crippen MR) is 80.0 cm³/mol. The van der Waals surface area contributed by atoms with Gasteiger partial charge in [0.05, 0.1) is 12.7 Å². The van der Waals surface area contributed by atoms with Crippen LogP contribution in [0.15, 0.2) is 48.5 Å². The van der Waals surface area contributed by atoms with Gasteiger partial charge in [-0.3, -0.25) is 4.79 Å². The van der Waals surface area contributed by atoms with Crippen LogP contribution in [-0.4, -0.2) is 30.9 Å². The van der Waals surface area contributed by atoms with Crippen LogP contribution in [0.1, 0.15) is 26.3 Å². The van der Waals surface area contributed by atoms with Crippen LogP contribution in [0.2, 0.25) is 0 Å². The fourth-order valence-electron chi connectivity index (χ4n) is 2.04. The highest BCUT2D eigenvalue weighted by molar-refractivity contribution is 5.96. The van der Waals surface area contributed by atoms with Crippen molar-refractivity contribution < 1.29 is 18.7 Å². The lowest BCUT2D eigenvalue weighted by atomic mass is 10.1. The number of benzene rings is 2. The number of nitrogens with zero attached hydrogens (tertiary/aromatic N) is 1. The standard InChI is InChI=1S/C17H16FNO3/c1-19(11-14-5-3-4-6-15(14)18)16(20)12-7-9-13(10-8-12)17(21)22-2/h3-10H,11H2,1-2H3. The van der Waals surface area contributed by atoms with Crippen molar-refractivity contribution in [3.8, 4) is 0 Å². The van der Waals surface area contributed by atoms with Gasteiger partial charge in [0, 0.05) is 24.7 Å². The molecule has 2 aromatic rings. The largest absolute Gasteiger partial charge is 0.465 e. The predicted octanol–water partition coefficient (Wildman–Crippen LogP) is 2.88. The molecule has 0 saturated heterocycles. The fraction of sp³-hybridized carbons (Fsp3) is 0.176. The minimum Gasteiger partial charge on any atom is -0.465 e. The Hall–Kier alpha value is -2.69. The van der Waals surface area contributed by atoms with Gasteiger partial charge in [-0.05, 0) is 30.3 Å². The molecule has 0 fully saturated rings. The zero-order valence-electron chi connectivity index (χ0n) is 12.4. The lowest BCUT2D eigenvalue weighted by molar-refractivity contribution is 0.0600. The van der Waals surface area contributed by atoms with E-state index in [0.717, 1.165) is 0 Å². The van der Waals surface area contributed by atoms with E-state index in [1.165, 1.54) is 30.2 Å². The molecule has 0 N–H and O–H groups in total. The summed E-state index contributed by atoms with van der Waals surface area (Å²) in [5, 5.41) is 0. The van der Waals surface area contributed by atoms with Crippen LogP contribution in [0.25, 0.3) is 0 Å². The van der Waals surface area contributed by atoms with Crippen LogP contribution in [0.5, 0.6) is 0 Å². The van der Waals surface area contributed by atoms with E-state index in [1.807, 2.05) is 0 Å². The van der Waals surface area contributed by atoms with Crippen molar-refractivity contribution in [2.45, 2.75) is 6.54 Å². The molecular formula is C17H16FNO3. The summed E-state index contributed by atoms with van der Waals surface area (Å²) in [6.07, 6.45) is 0. The normalized spacial score (nSPS) is 10.1. The molecule has 2 aromatic carbocycles. The molecule has 2 rings (SSSR count). The monoisotopic (exact) mass is 301 g/mol. The highest BCUT2D eigenvalue weighted by Gasteiger charge is 2.14. The number of halogens is 1. The van der Waals surface area contributed by atoms with E-state index in [9.17, 15) is 14.0 Å². The molecule has 0 heterocycles. The van der Waals surface area contributed by atoms with E-state index in [-0.39, 0.29) is 18.3 Å². The van der Waals surface area contributed by atoms with Crippen molar-refractivity contribution in [2.75, 3.05) is 14.2 Å². The van der Waals surface area contributed by atoms with Crippen molar-refractivity contribution in [1.82, 2.24) is 4.90 Å². The van der Waals surface area contributed by atoms with Crippen molar-refractivity contribution in [2.24, 2.45) is 0 Å². The molecule has 5 heteroatoms. The maximum absolute atomic E-state index is 13.6. The molecule has 0 atom stereocenters. The molecule has 4 nitrogen and oxygen atoms in total. The smallest absolute Gasteiger partial charge is 0.337 e. The Balaban J connectivity index is 2.10. The Morgan fingerprint density at radius 2 is 1.64 bits per heavy atom. The second-order valence-corrected chi connectivity index (χ2v) is 4.82. The summed E-state index contributed by atoms with van der Waals surface area (Å²) in [6.45, 7) is 0.171. The van der Waals surface area contributed by atoms with Gasteiger partial charge in [-0.2, -0.15) is 0 Å². The summed E-state index contributed by atoms with van der Waals surface area (Å²) in [6, 6.07) is 12.5. The molecule has 114 valence electrons. The van der Waals surface area contributed by atoms with Crippen LogP contribution >= 0.6 is 0 Å². The minimum atomic E-state index is -0.460. The van der Waals surface area contributed by atoms with Crippen LogP contribution in [0, 0.1) is 5.82 Å². The molecule has 0 unspecified atom stereocenters. The molecule has 0 aromatic heterocycles. The van der Waals surface area contributed by atoms with E-state index in [4.69, 9.17) is 0 Å². The van der Waals surface area contributed by atoms with Gasteiger partial charge in [-0.1, -0.05) is 18.2 Å². The number of amides is 1. The molecular weight excluding hydrogens is 285 g/mol. The zero-order valence-corrected chi connectivity index (χ0v) is 12.4. The third kappa shape index (κ3) is 3.49. The summed E-state index contributed by atoms with van der Waals surface area (Å²) < 4.78 is 18.2. The third-order valence-corrected chi connectivity index (χ3v) is 3.26. The first kappa shape index (κ1) is 15.7. The number of hydrogen-bond donors (Lipinski definition) is 0. The Kier molecular flexibility index (Phi) is 4.88. The molecule has 1 amide bonds. The first-order chi connectivity index (χ1) is 10.5. The van der Waals surface area contributed by atoms with Crippen LogP contribution in [0.4, 0.5) is 4.39 Å². The molecule has 0 bridgehead atoms. The van der Waals surface area contributed by atoms with Crippen molar-refractivity contribution >= 4 is 11.9 Å². The van der Waals surface area contributed by atoms with Crippen LogP contribution in [0.3, 0.4) is 0 Å². The zero-order chi connectivity index (χ0) is 16.1. The van der Waals surface area contributed by atoms with Gasteiger partial charge in [0.2, 0.25) is 0 Å². The number of ether oxygens (including phenoxy) is 1. The lowest BCUT2D eigenvalue weighted by Gasteiger charge is -2.17. The molecule has 0 aliphatic rings. The number of carbonyl (C=O) groups excluding carboxylic acids is 2. The molecule has 0 aliphatic heterocycles. The van der Waals surface area contributed by atoms with E-state index < -0.39 is 5.97 Å². The van der Waals surface area contributed by atoms with Gasteiger partial charge in [-0.15, -0.1) is 0 Å². The third-order valence-electron chi connectivity index (χ3n) is 3.26. The first-order valence-corrected chi connectivity index (χ1v) is 6.70. The number of esters is 1. The first-order valence-electron chi connectivity index (χ1n) is 6.70. The topological polar surface area (TPSA) is 46.6 Å². The maximum Gasteiger partial charge on any atom is 0.337 e. The summed E-state index contributed by atoms with van der Waals surface area (Å²) in [5.74, 6) is -1.05. The van der Waals surface area contributed by atoms with E-state index in [0.29, 0.717) is 16.7 Å². The van der Waals surface area contributed by atoms with Crippen molar-refractivity contribution in [1.29, 1.82) is 0 Å².